The van der Waals surface area contributed by atoms with Gasteiger partial charge in [0.2, 0.25) is 0 Å². The van der Waals surface area contributed by atoms with E-state index in [-0.39, 0.29) is 11.6 Å². The Kier molecular flexibility index (Phi) is 5.82. The van der Waals surface area contributed by atoms with Gasteiger partial charge in [0.05, 0.1) is 25.0 Å². The summed E-state index contributed by atoms with van der Waals surface area (Å²) < 4.78 is 6.70. The van der Waals surface area contributed by atoms with Gasteiger partial charge in [0.25, 0.3) is 0 Å². The van der Waals surface area contributed by atoms with E-state index in [1.165, 1.54) is 0 Å². The van der Waals surface area contributed by atoms with Crippen LogP contribution in [0.1, 0.15) is 33.6 Å². The molecule has 19 heavy (non-hydrogen) atoms. The number of carbonyl (C=O) groups is 1. The minimum atomic E-state index is -0.197. The average Bonchev–Trinajstić information content (AvgIpc) is 2.83. The maximum Gasteiger partial charge on any atom is 0.319 e. The Bertz CT molecular complexity index is 399. The first kappa shape index (κ1) is 15.5. The summed E-state index contributed by atoms with van der Waals surface area (Å²) in [5.74, 6) is 0. The number of ether oxygens (including phenoxy) is 1. The summed E-state index contributed by atoms with van der Waals surface area (Å²) in [6, 6.07) is -0.197. The molecule has 0 aliphatic rings. The van der Waals surface area contributed by atoms with E-state index in [1.54, 1.807) is 24.2 Å². The maximum atomic E-state index is 11.9. The molecule has 2 amide bonds. The number of aromatic nitrogens is 2. The third-order valence-corrected chi connectivity index (χ3v) is 3.39. The molecule has 0 atom stereocenters. The van der Waals surface area contributed by atoms with E-state index in [4.69, 9.17) is 4.74 Å². The van der Waals surface area contributed by atoms with Crippen molar-refractivity contribution in [3.63, 3.8) is 0 Å². The van der Waals surface area contributed by atoms with Crippen LogP contribution >= 0.6 is 0 Å². The maximum absolute atomic E-state index is 11.9. The number of nitrogens with zero attached hydrogens (tertiary/aromatic N) is 2. The first-order valence-corrected chi connectivity index (χ1v) is 6.63. The summed E-state index contributed by atoms with van der Waals surface area (Å²) in [6.45, 7) is 7.42. The van der Waals surface area contributed by atoms with Gasteiger partial charge in [-0.05, 0) is 19.8 Å². The fourth-order valence-electron chi connectivity index (χ4n) is 1.60. The molecule has 0 aliphatic heterocycles. The first-order chi connectivity index (χ1) is 9.03. The van der Waals surface area contributed by atoms with Gasteiger partial charge in [-0.1, -0.05) is 13.8 Å². The Morgan fingerprint density at radius 1 is 1.47 bits per heavy atom. The summed E-state index contributed by atoms with van der Waals surface area (Å²) in [7, 11) is 1.65. The van der Waals surface area contributed by atoms with Crippen LogP contribution in [0.4, 0.5) is 10.5 Å². The largest absolute Gasteiger partial charge is 0.383 e. The van der Waals surface area contributed by atoms with Gasteiger partial charge in [-0.2, -0.15) is 5.10 Å². The molecule has 108 valence electrons. The molecule has 6 nitrogen and oxygen atoms in total. The quantitative estimate of drug-likeness (QED) is 0.796. The Morgan fingerprint density at radius 3 is 2.74 bits per heavy atom. The fraction of sp³-hybridized carbons (Fsp3) is 0.692. The van der Waals surface area contributed by atoms with E-state index in [9.17, 15) is 4.79 Å². The molecule has 0 fully saturated rings. The molecule has 0 unspecified atom stereocenters. The van der Waals surface area contributed by atoms with E-state index in [0.29, 0.717) is 18.8 Å². The number of hydrogen-bond donors (Lipinski definition) is 2. The molecule has 0 saturated carbocycles. The number of amides is 2. The standard InChI is InChI=1S/C13H24N4O2/c1-5-13(3,6-2)16-12(18)15-11-9-14-17(10-11)7-8-19-4/h9-10H,5-8H2,1-4H3,(H2,15,16,18). The number of urea groups is 1. The van der Waals surface area contributed by atoms with E-state index >= 15 is 0 Å². The normalized spacial score (nSPS) is 11.4. The molecule has 1 rings (SSSR count). The minimum Gasteiger partial charge on any atom is -0.383 e. The van der Waals surface area contributed by atoms with Crippen molar-refractivity contribution in [1.82, 2.24) is 15.1 Å². The number of carbonyl (C=O) groups excluding carboxylic acids is 1. The molecule has 1 aromatic heterocycles. The molecule has 0 spiro atoms. The van der Waals surface area contributed by atoms with E-state index in [1.807, 2.05) is 6.92 Å². The van der Waals surface area contributed by atoms with Crippen LogP contribution in [-0.4, -0.2) is 35.1 Å². The van der Waals surface area contributed by atoms with Gasteiger partial charge in [0, 0.05) is 18.8 Å². The smallest absolute Gasteiger partial charge is 0.319 e. The van der Waals surface area contributed by atoms with Gasteiger partial charge in [-0.15, -0.1) is 0 Å². The van der Waals surface area contributed by atoms with E-state index in [0.717, 1.165) is 12.8 Å². The van der Waals surface area contributed by atoms with Crippen molar-refractivity contribution in [2.45, 2.75) is 45.7 Å². The zero-order chi connectivity index (χ0) is 14.3. The number of rotatable bonds is 7. The minimum absolute atomic E-state index is 0.171. The molecular formula is C13H24N4O2. The zero-order valence-electron chi connectivity index (χ0n) is 12.2. The van der Waals surface area contributed by atoms with Crippen molar-refractivity contribution in [3.8, 4) is 0 Å². The summed E-state index contributed by atoms with van der Waals surface area (Å²) in [4.78, 5) is 11.9. The lowest BCUT2D eigenvalue weighted by molar-refractivity contribution is 0.183. The fourth-order valence-corrected chi connectivity index (χ4v) is 1.60. The number of anilines is 1. The highest BCUT2D eigenvalue weighted by atomic mass is 16.5. The number of hydrogen-bond acceptors (Lipinski definition) is 3. The monoisotopic (exact) mass is 268 g/mol. The number of nitrogens with one attached hydrogen (secondary N) is 2. The molecule has 2 N–H and O–H groups in total. The average molecular weight is 268 g/mol. The predicted molar refractivity (Wildman–Crippen MR) is 75.2 cm³/mol. The van der Waals surface area contributed by atoms with Crippen molar-refractivity contribution in [1.29, 1.82) is 0 Å². The van der Waals surface area contributed by atoms with Crippen molar-refractivity contribution in [2.75, 3.05) is 19.0 Å². The topological polar surface area (TPSA) is 68.2 Å². The van der Waals surface area contributed by atoms with Crippen LogP contribution < -0.4 is 10.6 Å². The van der Waals surface area contributed by atoms with E-state index in [2.05, 4.69) is 29.6 Å². The van der Waals surface area contributed by atoms with Crippen LogP contribution in [0, 0.1) is 0 Å². The van der Waals surface area contributed by atoms with Gasteiger partial charge in [-0.25, -0.2) is 4.79 Å². The molecule has 1 heterocycles. The van der Waals surface area contributed by atoms with Crippen LogP contribution in [0.3, 0.4) is 0 Å². The van der Waals surface area contributed by atoms with E-state index < -0.39 is 0 Å². The second kappa shape index (κ2) is 7.13. The summed E-state index contributed by atoms with van der Waals surface area (Å²) in [6.07, 6.45) is 5.20. The van der Waals surface area contributed by atoms with Gasteiger partial charge in [0.15, 0.2) is 0 Å². The van der Waals surface area contributed by atoms with Gasteiger partial charge in [0.1, 0.15) is 0 Å². The highest BCUT2D eigenvalue weighted by Gasteiger charge is 2.21. The van der Waals surface area contributed by atoms with Crippen molar-refractivity contribution < 1.29 is 9.53 Å². The summed E-state index contributed by atoms with van der Waals surface area (Å²) in [5, 5.41) is 9.91. The predicted octanol–water partition coefficient (Wildman–Crippen LogP) is 2.23. The Morgan fingerprint density at radius 2 is 2.16 bits per heavy atom. The second-order valence-electron chi connectivity index (χ2n) is 4.83. The summed E-state index contributed by atoms with van der Waals surface area (Å²) in [5.41, 5.74) is 0.513. The molecule has 0 aliphatic carbocycles. The first-order valence-electron chi connectivity index (χ1n) is 6.63. The molecule has 0 saturated heterocycles. The van der Waals surface area contributed by atoms with Crippen molar-refractivity contribution in [2.24, 2.45) is 0 Å². The lowest BCUT2D eigenvalue weighted by Crippen LogP contribution is -2.46. The zero-order valence-corrected chi connectivity index (χ0v) is 12.2. The summed E-state index contributed by atoms with van der Waals surface area (Å²) >= 11 is 0. The molecule has 0 bridgehead atoms. The molecule has 0 aromatic carbocycles. The van der Waals surface area contributed by atoms with Crippen LogP contribution in [0.2, 0.25) is 0 Å². The number of methoxy groups -OCH3 is 1. The Balaban J connectivity index is 2.50. The molecule has 1 aromatic rings. The van der Waals surface area contributed by atoms with Crippen molar-refractivity contribution in [3.05, 3.63) is 12.4 Å². The lowest BCUT2D eigenvalue weighted by atomic mass is 9.96. The van der Waals surface area contributed by atoms with Gasteiger partial charge >= 0.3 is 6.03 Å². The van der Waals surface area contributed by atoms with Gasteiger partial charge < -0.3 is 15.4 Å². The third kappa shape index (κ3) is 4.90. The van der Waals surface area contributed by atoms with Gasteiger partial charge in [-0.3, -0.25) is 4.68 Å². The highest BCUT2D eigenvalue weighted by Crippen LogP contribution is 2.14. The Labute approximate surface area is 114 Å². The molecule has 0 radical (unpaired) electrons. The van der Waals surface area contributed by atoms with Crippen LogP contribution in [0.25, 0.3) is 0 Å². The Hall–Kier alpha value is -1.56. The third-order valence-electron chi connectivity index (χ3n) is 3.39. The SMILES string of the molecule is CCC(C)(CC)NC(=O)Nc1cnn(CCOC)c1. The van der Waals surface area contributed by atoms with Crippen LogP contribution in [0.15, 0.2) is 12.4 Å². The highest BCUT2D eigenvalue weighted by molar-refractivity contribution is 5.89. The van der Waals surface area contributed by atoms with Crippen LogP contribution in [0.5, 0.6) is 0 Å². The molecule has 6 heteroatoms. The second-order valence-corrected chi connectivity index (χ2v) is 4.83. The lowest BCUT2D eigenvalue weighted by Gasteiger charge is -2.28. The van der Waals surface area contributed by atoms with Crippen LogP contribution in [-0.2, 0) is 11.3 Å². The molecular weight excluding hydrogens is 244 g/mol. The van der Waals surface area contributed by atoms with Crippen molar-refractivity contribution >= 4 is 11.7 Å².